The van der Waals surface area contributed by atoms with Gasteiger partial charge in [0.25, 0.3) is 5.91 Å². The van der Waals surface area contributed by atoms with Crippen molar-refractivity contribution in [1.29, 1.82) is 0 Å². The van der Waals surface area contributed by atoms with Crippen molar-refractivity contribution in [3.63, 3.8) is 0 Å². The number of benzene rings is 1. The number of ether oxygens (including phenoxy) is 1. The second-order valence-electron chi connectivity index (χ2n) is 6.53. The van der Waals surface area contributed by atoms with Crippen molar-refractivity contribution in [3.05, 3.63) is 29.8 Å². The predicted molar refractivity (Wildman–Crippen MR) is 97.7 cm³/mol. The maximum Gasteiger partial charge on any atom is 0.325 e. The minimum Gasteiger partial charge on any atom is -0.496 e. The molecule has 1 aliphatic heterocycles. The van der Waals surface area contributed by atoms with Crippen LogP contribution in [-0.2, 0) is 9.59 Å². The molecule has 1 N–H and O–H groups in total. The molecule has 0 bridgehead atoms. The number of hydrogen-bond acceptors (Lipinski definition) is 4. The monoisotopic (exact) mass is 361 g/mol. The number of amides is 4. The van der Waals surface area contributed by atoms with Crippen LogP contribution >= 0.6 is 0 Å². The Bertz CT molecular complexity index is 700. The van der Waals surface area contributed by atoms with Gasteiger partial charge in [0.2, 0.25) is 5.91 Å². The second-order valence-corrected chi connectivity index (χ2v) is 6.53. The number of methoxy groups -OCH3 is 1. The Morgan fingerprint density at radius 1 is 1.27 bits per heavy atom. The molecule has 1 aliphatic rings. The normalized spacial score (nSPS) is 17.0. The SMILES string of the molecule is CCC1(CC)NC(=O)N(CC(=O)N(C)C(C)c2ccccc2OC)C1=O. The summed E-state index contributed by atoms with van der Waals surface area (Å²) in [5, 5.41) is 2.74. The Balaban J connectivity index is 2.14. The summed E-state index contributed by atoms with van der Waals surface area (Å²) < 4.78 is 5.35. The highest BCUT2D eigenvalue weighted by Crippen LogP contribution is 2.29. The van der Waals surface area contributed by atoms with Gasteiger partial charge in [0.05, 0.1) is 13.2 Å². The van der Waals surface area contributed by atoms with Crippen LogP contribution in [0.1, 0.15) is 45.2 Å². The summed E-state index contributed by atoms with van der Waals surface area (Å²) in [5.74, 6) is 0.0414. The number of imide groups is 1. The van der Waals surface area contributed by atoms with E-state index in [0.29, 0.717) is 18.6 Å². The van der Waals surface area contributed by atoms with E-state index < -0.39 is 11.6 Å². The molecule has 0 aliphatic carbocycles. The summed E-state index contributed by atoms with van der Waals surface area (Å²) in [5.41, 5.74) is -0.0379. The van der Waals surface area contributed by atoms with Crippen LogP contribution in [0.4, 0.5) is 4.79 Å². The lowest BCUT2D eigenvalue weighted by Gasteiger charge is -2.28. The first-order valence-electron chi connectivity index (χ1n) is 8.84. The first-order chi connectivity index (χ1) is 12.3. The first-order valence-corrected chi connectivity index (χ1v) is 8.84. The molecule has 2 rings (SSSR count). The minimum atomic E-state index is -0.899. The van der Waals surface area contributed by atoms with Gasteiger partial charge in [-0.1, -0.05) is 32.0 Å². The molecule has 1 aromatic carbocycles. The van der Waals surface area contributed by atoms with Crippen LogP contribution in [0.2, 0.25) is 0 Å². The van der Waals surface area contributed by atoms with E-state index in [-0.39, 0.29) is 24.4 Å². The van der Waals surface area contributed by atoms with Gasteiger partial charge in [0, 0.05) is 12.6 Å². The summed E-state index contributed by atoms with van der Waals surface area (Å²) in [6.45, 7) is 5.30. The van der Waals surface area contributed by atoms with Crippen molar-refractivity contribution in [2.45, 2.75) is 45.2 Å². The maximum atomic E-state index is 12.7. The van der Waals surface area contributed by atoms with Crippen molar-refractivity contribution >= 4 is 17.8 Å². The van der Waals surface area contributed by atoms with Crippen LogP contribution in [0.25, 0.3) is 0 Å². The van der Waals surface area contributed by atoms with Gasteiger partial charge in [-0.05, 0) is 25.8 Å². The van der Waals surface area contributed by atoms with Gasteiger partial charge < -0.3 is 15.0 Å². The molecule has 1 atom stereocenters. The molecular formula is C19H27N3O4. The van der Waals surface area contributed by atoms with Crippen LogP contribution in [0, 0.1) is 0 Å². The number of carbonyl (C=O) groups excluding carboxylic acids is 3. The molecular weight excluding hydrogens is 334 g/mol. The fourth-order valence-corrected chi connectivity index (χ4v) is 3.23. The number of carbonyl (C=O) groups is 3. The lowest BCUT2D eigenvalue weighted by molar-refractivity contribution is -0.139. The second kappa shape index (κ2) is 7.76. The molecule has 7 heteroatoms. The van der Waals surface area contributed by atoms with E-state index in [1.54, 1.807) is 14.2 Å². The van der Waals surface area contributed by atoms with Crippen molar-refractivity contribution in [1.82, 2.24) is 15.1 Å². The number of likely N-dealkylation sites (N-methyl/N-ethyl adjacent to an activating group) is 1. The average molecular weight is 361 g/mol. The van der Waals surface area contributed by atoms with Crippen molar-refractivity contribution in [3.8, 4) is 5.75 Å². The van der Waals surface area contributed by atoms with E-state index in [1.165, 1.54) is 4.90 Å². The fraction of sp³-hybridized carbons (Fsp3) is 0.526. The van der Waals surface area contributed by atoms with Gasteiger partial charge in [-0.15, -0.1) is 0 Å². The molecule has 0 radical (unpaired) electrons. The molecule has 1 heterocycles. The van der Waals surface area contributed by atoms with Gasteiger partial charge in [0.15, 0.2) is 0 Å². The van der Waals surface area contributed by atoms with E-state index in [2.05, 4.69) is 5.32 Å². The van der Waals surface area contributed by atoms with Crippen molar-refractivity contribution in [2.75, 3.05) is 20.7 Å². The van der Waals surface area contributed by atoms with E-state index in [4.69, 9.17) is 4.74 Å². The maximum absolute atomic E-state index is 12.7. The molecule has 1 unspecified atom stereocenters. The summed E-state index contributed by atoms with van der Waals surface area (Å²) in [7, 11) is 3.24. The molecule has 0 aromatic heterocycles. The standard InChI is InChI=1S/C19H27N3O4/c1-6-19(7-2)17(24)22(18(25)20-19)12-16(23)21(4)13(3)14-10-8-9-11-15(14)26-5/h8-11,13H,6-7,12H2,1-5H3,(H,20,25). The molecule has 1 fully saturated rings. The molecule has 0 saturated carbocycles. The minimum absolute atomic E-state index is 0.262. The quantitative estimate of drug-likeness (QED) is 0.756. The van der Waals surface area contributed by atoms with Gasteiger partial charge in [-0.25, -0.2) is 4.79 Å². The average Bonchev–Trinajstić information content (AvgIpc) is 2.91. The highest BCUT2D eigenvalue weighted by Gasteiger charge is 2.49. The third-order valence-electron chi connectivity index (χ3n) is 5.31. The van der Waals surface area contributed by atoms with E-state index in [1.807, 2.05) is 45.0 Å². The summed E-state index contributed by atoms with van der Waals surface area (Å²) in [6, 6.07) is 6.69. The Kier molecular flexibility index (Phi) is 5.90. The lowest BCUT2D eigenvalue weighted by Crippen LogP contribution is -2.47. The van der Waals surface area contributed by atoms with Crippen LogP contribution in [-0.4, -0.2) is 53.9 Å². The number of nitrogens with zero attached hydrogens (tertiary/aromatic N) is 2. The number of nitrogens with one attached hydrogen (secondary N) is 1. The topological polar surface area (TPSA) is 79.0 Å². The largest absolute Gasteiger partial charge is 0.496 e. The number of rotatable bonds is 7. The van der Waals surface area contributed by atoms with E-state index in [9.17, 15) is 14.4 Å². The van der Waals surface area contributed by atoms with Crippen molar-refractivity contribution < 1.29 is 19.1 Å². The van der Waals surface area contributed by atoms with Crippen LogP contribution < -0.4 is 10.1 Å². The molecule has 1 aromatic rings. The number of urea groups is 1. The van der Waals surface area contributed by atoms with Gasteiger partial charge >= 0.3 is 6.03 Å². The molecule has 1 saturated heterocycles. The Morgan fingerprint density at radius 3 is 2.42 bits per heavy atom. The van der Waals surface area contributed by atoms with Crippen molar-refractivity contribution in [2.24, 2.45) is 0 Å². The summed E-state index contributed by atoms with van der Waals surface area (Å²) >= 11 is 0. The van der Waals surface area contributed by atoms with E-state index in [0.717, 1.165) is 10.5 Å². The van der Waals surface area contributed by atoms with Gasteiger partial charge in [-0.2, -0.15) is 0 Å². The first kappa shape index (κ1) is 19.8. The van der Waals surface area contributed by atoms with Crippen LogP contribution in [0.15, 0.2) is 24.3 Å². The zero-order chi connectivity index (χ0) is 19.5. The third-order valence-corrected chi connectivity index (χ3v) is 5.31. The molecule has 7 nitrogen and oxygen atoms in total. The summed E-state index contributed by atoms with van der Waals surface area (Å²) in [6.07, 6.45) is 0.985. The molecule has 26 heavy (non-hydrogen) atoms. The van der Waals surface area contributed by atoms with E-state index >= 15 is 0 Å². The molecule has 0 spiro atoms. The highest BCUT2D eigenvalue weighted by atomic mass is 16.5. The highest BCUT2D eigenvalue weighted by molar-refractivity contribution is 6.09. The lowest BCUT2D eigenvalue weighted by atomic mass is 9.93. The predicted octanol–water partition coefficient (Wildman–Crippen LogP) is 2.33. The third kappa shape index (κ3) is 3.38. The van der Waals surface area contributed by atoms with Crippen LogP contribution in [0.3, 0.4) is 0 Å². The fourth-order valence-electron chi connectivity index (χ4n) is 3.23. The molecule has 4 amide bonds. The number of hydrogen-bond donors (Lipinski definition) is 1. The smallest absolute Gasteiger partial charge is 0.325 e. The van der Waals surface area contributed by atoms with Gasteiger partial charge in [-0.3, -0.25) is 14.5 Å². The Labute approximate surface area is 154 Å². The Morgan fingerprint density at radius 2 is 1.88 bits per heavy atom. The summed E-state index contributed by atoms with van der Waals surface area (Å²) in [4.78, 5) is 40.1. The van der Waals surface area contributed by atoms with Crippen LogP contribution in [0.5, 0.6) is 5.75 Å². The number of para-hydroxylation sites is 1. The van der Waals surface area contributed by atoms with Gasteiger partial charge in [0.1, 0.15) is 17.8 Å². The Hall–Kier alpha value is -2.57. The molecule has 142 valence electrons. The zero-order valence-corrected chi connectivity index (χ0v) is 16.0. The zero-order valence-electron chi connectivity index (χ0n) is 16.0.